The Labute approximate surface area is 208 Å². The van der Waals surface area contributed by atoms with E-state index in [9.17, 15) is 9.59 Å². The van der Waals surface area contributed by atoms with Crippen molar-refractivity contribution in [1.82, 2.24) is 15.5 Å². The molecule has 0 aromatic heterocycles. The average Bonchev–Trinajstić information content (AvgIpc) is 3.15. The number of nitrogens with zero attached hydrogens (tertiary/aromatic N) is 1. The largest absolute Gasteiger partial charge is 0.375 e. The molecule has 3 heterocycles. The van der Waals surface area contributed by atoms with Crippen LogP contribution in [0, 0.1) is 5.92 Å². The first-order chi connectivity index (χ1) is 17.0. The molecule has 1 aromatic rings. The summed E-state index contributed by atoms with van der Waals surface area (Å²) in [5.74, 6) is 0.527. The first-order valence-corrected chi connectivity index (χ1v) is 13.8. The first-order valence-electron chi connectivity index (χ1n) is 13.8. The van der Waals surface area contributed by atoms with Crippen molar-refractivity contribution in [3.8, 4) is 0 Å². The smallest absolute Gasteiger partial charge is 0.255 e. The molecule has 2 amide bonds. The molecule has 0 bridgehead atoms. The maximum atomic E-state index is 13.1. The Kier molecular flexibility index (Phi) is 6.21. The van der Waals surface area contributed by atoms with Crippen molar-refractivity contribution in [1.29, 1.82) is 0 Å². The zero-order valence-corrected chi connectivity index (χ0v) is 20.8. The summed E-state index contributed by atoms with van der Waals surface area (Å²) in [6.45, 7) is 5.35. The fourth-order valence-electron chi connectivity index (χ4n) is 7.21. The van der Waals surface area contributed by atoms with Crippen LogP contribution in [0.1, 0.15) is 92.1 Å². The fraction of sp³-hybridized carbons (Fsp3) is 0.655. The molecule has 35 heavy (non-hydrogen) atoms. The van der Waals surface area contributed by atoms with Crippen LogP contribution in [0.4, 0.5) is 0 Å². The molecule has 2 saturated heterocycles. The molecule has 5 aliphatic rings. The zero-order valence-electron chi connectivity index (χ0n) is 20.8. The summed E-state index contributed by atoms with van der Waals surface area (Å²) in [5, 5.41) is 6.89. The molecule has 1 spiro atoms. The number of allylic oxidation sites excluding steroid dienone is 1. The summed E-state index contributed by atoms with van der Waals surface area (Å²) in [6, 6.07) is 7.19. The van der Waals surface area contributed by atoms with E-state index in [-0.39, 0.29) is 17.4 Å². The third-order valence-electron chi connectivity index (χ3n) is 9.42. The molecule has 2 aliphatic carbocycles. The Morgan fingerprint density at radius 3 is 2.63 bits per heavy atom. The lowest BCUT2D eigenvalue weighted by Gasteiger charge is -2.47. The number of benzene rings is 1. The number of hydrogen-bond donors (Lipinski definition) is 2. The quantitative estimate of drug-likeness (QED) is 0.666. The van der Waals surface area contributed by atoms with Gasteiger partial charge in [-0.1, -0.05) is 31.6 Å². The molecule has 6 heteroatoms. The lowest BCUT2D eigenvalue weighted by molar-refractivity contribution is -0.167. The summed E-state index contributed by atoms with van der Waals surface area (Å²) in [4.78, 5) is 27.3. The monoisotopic (exact) mass is 477 g/mol. The normalized spacial score (nSPS) is 35.1. The Morgan fingerprint density at radius 2 is 1.89 bits per heavy atom. The molecule has 1 aromatic carbocycles. The van der Waals surface area contributed by atoms with Gasteiger partial charge in [-0.25, -0.2) is 0 Å². The highest BCUT2D eigenvalue weighted by molar-refractivity contribution is 6.01. The molecule has 2 saturated carbocycles. The molecule has 1 unspecified atom stereocenters. The molecule has 188 valence electrons. The van der Waals surface area contributed by atoms with E-state index in [1.165, 1.54) is 63.4 Å². The van der Waals surface area contributed by atoms with E-state index in [1.54, 1.807) is 4.90 Å². The van der Waals surface area contributed by atoms with Crippen molar-refractivity contribution < 1.29 is 14.3 Å². The van der Waals surface area contributed by atoms with E-state index in [0.717, 1.165) is 36.3 Å². The number of carbonyl (C=O) groups excluding carboxylic acids is 2. The third-order valence-corrected chi connectivity index (χ3v) is 9.42. The van der Waals surface area contributed by atoms with Gasteiger partial charge in [0.05, 0.1) is 12.2 Å². The molecule has 3 aliphatic heterocycles. The molecule has 3 atom stereocenters. The number of fused-ring (bicyclic) bond motifs is 1. The van der Waals surface area contributed by atoms with Crippen molar-refractivity contribution in [2.24, 2.45) is 5.92 Å². The van der Waals surface area contributed by atoms with E-state index >= 15 is 0 Å². The Morgan fingerprint density at radius 1 is 1.09 bits per heavy atom. The predicted molar refractivity (Wildman–Crippen MR) is 135 cm³/mol. The highest BCUT2D eigenvalue weighted by Crippen LogP contribution is 2.41. The molecule has 6 nitrogen and oxygen atoms in total. The summed E-state index contributed by atoms with van der Waals surface area (Å²) in [5.41, 5.74) is 4.13. The summed E-state index contributed by atoms with van der Waals surface area (Å²) < 4.78 is 5.92. The molecule has 2 N–H and O–H groups in total. The van der Waals surface area contributed by atoms with Gasteiger partial charge in [0.25, 0.3) is 5.91 Å². The van der Waals surface area contributed by atoms with Gasteiger partial charge in [-0.3, -0.25) is 9.59 Å². The highest BCUT2D eigenvalue weighted by atomic mass is 16.5. The summed E-state index contributed by atoms with van der Waals surface area (Å²) in [6.07, 6.45) is 13.8. The fourth-order valence-corrected chi connectivity index (χ4v) is 7.21. The first kappa shape index (κ1) is 23.2. The van der Waals surface area contributed by atoms with Crippen molar-refractivity contribution in [2.45, 2.75) is 107 Å². The van der Waals surface area contributed by atoms with Crippen LogP contribution in [0.5, 0.6) is 0 Å². The molecule has 6 rings (SSSR count). The van der Waals surface area contributed by atoms with E-state index in [1.807, 2.05) is 6.07 Å². The van der Waals surface area contributed by atoms with E-state index in [0.29, 0.717) is 31.0 Å². The molecule has 4 fully saturated rings. The Hall–Kier alpha value is -2.18. The van der Waals surface area contributed by atoms with Gasteiger partial charge < -0.3 is 20.3 Å². The summed E-state index contributed by atoms with van der Waals surface area (Å²) in [7, 11) is 0. The third kappa shape index (κ3) is 4.55. The molecular weight excluding hydrogens is 438 g/mol. The second-order valence-electron chi connectivity index (χ2n) is 11.6. The second-order valence-corrected chi connectivity index (χ2v) is 11.6. The number of hydrogen-bond acceptors (Lipinski definition) is 4. The van der Waals surface area contributed by atoms with Gasteiger partial charge in [0.1, 0.15) is 6.04 Å². The minimum absolute atomic E-state index is 0.0121. The maximum absolute atomic E-state index is 13.1. The number of nitrogens with one attached hydrogen (secondary N) is 2. The van der Waals surface area contributed by atoms with E-state index in [4.69, 9.17) is 4.74 Å². The number of carbonyl (C=O) groups is 2. The lowest BCUT2D eigenvalue weighted by Crippen LogP contribution is -2.52. The molecular formula is C29H39N3O3. The van der Waals surface area contributed by atoms with Gasteiger partial charge in [-0.05, 0) is 87.3 Å². The number of amides is 2. The van der Waals surface area contributed by atoms with Crippen LogP contribution in [0.25, 0.3) is 0 Å². The van der Waals surface area contributed by atoms with Crippen LogP contribution in [0.15, 0.2) is 30.5 Å². The minimum Gasteiger partial charge on any atom is -0.375 e. The van der Waals surface area contributed by atoms with E-state index < -0.39 is 6.04 Å². The maximum Gasteiger partial charge on any atom is 0.255 e. The number of rotatable bonds is 5. The SMILES string of the molecule is C=C1CCC(N2Cc3cc(C[C@H]4CCCC[C@@H]4N[C@H]4CC[C@@]5(CCO5)CC4)ccc3C2=O)C(=O)N1. The average molecular weight is 478 g/mol. The minimum atomic E-state index is -0.393. The van der Waals surface area contributed by atoms with Crippen LogP contribution < -0.4 is 10.6 Å². The topological polar surface area (TPSA) is 70.7 Å². The predicted octanol–water partition coefficient (Wildman–Crippen LogP) is 4.23. The van der Waals surface area contributed by atoms with E-state index in [2.05, 4.69) is 29.3 Å². The lowest BCUT2D eigenvalue weighted by atomic mass is 9.76. The van der Waals surface area contributed by atoms with Crippen LogP contribution in [-0.4, -0.2) is 47.0 Å². The van der Waals surface area contributed by atoms with Crippen molar-refractivity contribution >= 4 is 11.8 Å². The number of piperidine rings is 1. The van der Waals surface area contributed by atoms with Crippen LogP contribution in [-0.2, 0) is 22.5 Å². The Bertz CT molecular complexity index is 1010. The van der Waals surface area contributed by atoms with Gasteiger partial charge in [-0.15, -0.1) is 0 Å². The Balaban J connectivity index is 1.09. The number of ether oxygens (including phenoxy) is 1. The standard InChI is InChI=1S/C29H39N3O3/c1-19-6-9-26(27(33)30-19)32-18-22-17-20(7-8-24(22)28(32)34)16-21-4-2-3-5-25(21)31-23-10-12-29(13-11-23)14-15-35-29/h7-8,17,21,23,25-26,31H,1-6,9-16,18H2,(H,30,33)/t21-,23-,25+,26?,29-/m1/s1. The van der Waals surface area contributed by atoms with Crippen molar-refractivity contribution in [3.05, 3.63) is 47.2 Å². The van der Waals surface area contributed by atoms with Crippen molar-refractivity contribution in [3.63, 3.8) is 0 Å². The highest BCUT2D eigenvalue weighted by Gasteiger charge is 2.42. The zero-order chi connectivity index (χ0) is 24.0. The molecule has 0 radical (unpaired) electrons. The van der Waals surface area contributed by atoms with Crippen LogP contribution >= 0.6 is 0 Å². The second kappa shape index (κ2) is 9.36. The van der Waals surface area contributed by atoms with Crippen LogP contribution in [0.2, 0.25) is 0 Å². The van der Waals surface area contributed by atoms with Gasteiger partial charge >= 0.3 is 0 Å². The van der Waals surface area contributed by atoms with Gasteiger partial charge in [0, 0.05) is 29.9 Å². The van der Waals surface area contributed by atoms with Gasteiger partial charge in [0.2, 0.25) is 5.91 Å². The summed E-state index contributed by atoms with van der Waals surface area (Å²) >= 11 is 0. The van der Waals surface area contributed by atoms with Crippen molar-refractivity contribution in [2.75, 3.05) is 6.61 Å². The van der Waals surface area contributed by atoms with Crippen LogP contribution in [0.3, 0.4) is 0 Å². The van der Waals surface area contributed by atoms with Gasteiger partial charge in [0.15, 0.2) is 0 Å². The van der Waals surface area contributed by atoms with Gasteiger partial charge in [-0.2, -0.15) is 0 Å².